The average Bonchev–Trinajstić information content (AvgIpc) is 2.31. The summed E-state index contributed by atoms with van der Waals surface area (Å²) in [5.74, 6) is 0.452. The number of ether oxygens (including phenoxy) is 2. The smallest absolute Gasteiger partial charge is 0.347 e. The molecule has 0 fully saturated rings. The molecule has 0 heterocycles. The Hall–Kier alpha value is -0.780. The second-order valence-corrected chi connectivity index (χ2v) is 4.74. The molecule has 1 rings (SSSR count). The Kier molecular flexibility index (Phi) is 6.32. The van der Waals surface area contributed by atoms with E-state index in [1.54, 1.807) is 6.92 Å². The molecule has 1 atom stereocenters. The topological polar surface area (TPSA) is 35.5 Å². The lowest BCUT2D eigenvalue weighted by molar-refractivity contribution is -0.151. The third-order valence-corrected chi connectivity index (χ3v) is 3.10. The van der Waals surface area contributed by atoms with Crippen LogP contribution < -0.4 is 4.74 Å². The fourth-order valence-corrected chi connectivity index (χ4v) is 1.93. The Labute approximate surface area is 116 Å². The molecule has 0 amide bonds. The maximum absolute atomic E-state index is 11.7. The van der Waals surface area contributed by atoms with Crippen LogP contribution in [-0.2, 0) is 9.53 Å². The van der Waals surface area contributed by atoms with Gasteiger partial charge < -0.3 is 9.47 Å². The van der Waals surface area contributed by atoms with Gasteiger partial charge in [-0.15, -0.1) is 0 Å². The molecule has 0 aliphatic heterocycles. The van der Waals surface area contributed by atoms with Gasteiger partial charge in [-0.25, -0.2) is 4.79 Å². The number of carbonyl (C=O) groups excluding carboxylic acids is 1. The minimum atomic E-state index is -0.504. The van der Waals surface area contributed by atoms with E-state index in [0.717, 1.165) is 15.7 Å². The molecule has 0 spiro atoms. The number of carbonyl (C=O) groups is 1. The van der Waals surface area contributed by atoms with Gasteiger partial charge in [0.1, 0.15) is 5.75 Å². The SMILES string of the molecule is CCCC(Oc1ccccc1I)C(=O)OCC. The molecule has 94 valence electrons. The molecule has 4 heteroatoms. The van der Waals surface area contributed by atoms with Crippen LogP contribution in [0.15, 0.2) is 24.3 Å². The van der Waals surface area contributed by atoms with E-state index in [1.165, 1.54) is 0 Å². The Balaban J connectivity index is 2.73. The predicted octanol–water partition coefficient (Wildman–Crippen LogP) is 3.40. The lowest BCUT2D eigenvalue weighted by atomic mass is 10.2. The molecule has 0 aliphatic carbocycles. The van der Waals surface area contributed by atoms with Gasteiger partial charge in [0.2, 0.25) is 0 Å². The summed E-state index contributed by atoms with van der Waals surface area (Å²) in [6.07, 6.45) is 1.05. The summed E-state index contributed by atoms with van der Waals surface area (Å²) in [5, 5.41) is 0. The number of halogens is 1. The number of para-hydroxylation sites is 1. The van der Waals surface area contributed by atoms with Crippen LogP contribution in [0.1, 0.15) is 26.7 Å². The Morgan fingerprint density at radius 1 is 1.35 bits per heavy atom. The first-order valence-corrected chi connectivity index (χ1v) is 6.84. The standard InChI is InChI=1S/C13H17IO3/c1-3-7-12(13(15)16-4-2)17-11-9-6-5-8-10(11)14/h5-6,8-9,12H,3-4,7H2,1-2H3. The van der Waals surface area contributed by atoms with Crippen LogP contribution in [0.3, 0.4) is 0 Å². The molecule has 1 aromatic carbocycles. The van der Waals surface area contributed by atoms with Gasteiger partial charge in [0, 0.05) is 0 Å². The molecule has 0 N–H and O–H groups in total. The first-order valence-electron chi connectivity index (χ1n) is 5.76. The molecular formula is C13H17IO3. The lowest BCUT2D eigenvalue weighted by Gasteiger charge is -2.17. The van der Waals surface area contributed by atoms with Gasteiger partial charge >= 0.3 is 5.97 Å². The van der Waals surface area contributed by atoms with Crippen molar-refractivity contribution in [2.75, 3.05) is 6.61 Å². The van der Waals surface area contributed by atoms with Crippen LogP contribution in [0, 0.1) is 3.57 Å². The zero-order valence-electron chi connectivity index (χ0n) is 10.1. The number of hydrogen-bond donors (Lipinski definition) is 0. The molecular weight excluding hydrogens is 331 g/mol. The molecule has 0 aromatic heterocycles. The first-order chi connectivity index (χ1) is 8.19. The van der Waals surface area contributed by atoms with Gasteiger partial charge in [-0.1, -0.05) is 25.5 Å². The van der Waals surface area contributed by atoms with Crippen molar-refractivity contribution in [1.82, 2.24) is 0 Å². The van der Waals surface area contributed by atoms with E-state index < -0.39 is 6.10 Å². The molecule has 1 aromatic rings. The number of rotatable bonds is 6. The normalized spacial score (nSPS) is 11.9. The summed E-state index contributed by atoms with van der Waals surface area (Å²) < 4.78 is 11.7. The van der Waals surface area contributed by atoms with Crippen molar-refractivity contribution in [2.45, 2.75) is 32.8 Å². The minimum Gasteiger partial charge on any atom is -0.478 e. The van der Waals surface area contributed by atoms with Gasteiger partial charge in [0.15, 0.2) is 6.10 Å². The fourth-order valence-electron chi connectivity index (χ4n) is 1.42. The predicted molar refractivity (Wildman–Crippen MR) is 75.1 cm³/mol. The highest BCUT2D eigenvalue weighted by Gasteiger charge is 2.21. The largest absolute Gasteiger partial charge is 0.478 e. The highest BCUT2D eigenvalue weighted by atomic mass is 127. The van der Waals surface area contributed by atoms with Crippen LogP contribution in [0.4, 0.5) is 0 Å². The van der Waals surface area contributed by atoms with Crippen molar-refractivity contribution >= 4 is 28.6 Å². The molecule has 0 saturated carbocycles. The number of benzene rings is 1. The van der Waals surface area contributed by atoms with Crippen molar-refractivity contribution in [2.24, 2.45) is 0 Å². The summed E-state index contributed by atoms with van der Waals surface area (Å²) in [5.41, 5.74) is 0. The molecule has 0 aliphatic rings. The van der Waals surface area contributed by atoms with E-state index in [9.17, 15) is 4.79 Å². The fraction of sp³-hybridized carbons (Fsp3) is 0.462. The third kappa shape index (κ3) is 4.53. The third-order valence-electron chi connectivity index (χ3n) is 2.21. The van der Waals surface area contributed by atoms with Gasteiger partial charge in [0.05, 0.1) is 10.2 Å². The van der Waals surface area contributed by atoms with E-state index in [1.807, 2.05) is 31.2 Å². The van der Waals surface area contributed by atoms with Crippen LogP contribution in [-0.4, -0.2) is 18.7 Å². The first kappa shape index (κ1) is 14.3. The maximum Gasteiger partial charge on any atom is 0.347 e. The van der Waals surface area contributed by atoms with Gasteiger partial charge in [-0.2, -0.15) is 0 Å². The second-order valence-electron chi connectivity index (χ2n) is 3.58. The molecule has 0 saturated heterocycles. The highest BCUT2D eigenvalue weighted by Crippen LogP contribution is 2.22. The maximum atomic E-state index is 11.7. The van der Waals surface area contributed by atoms with Crippen LogP contribution in [0.25, 0.3) is 0 Å². The van der Waals surface area contributed by atoms with Gasteiger partial charge in [0.25, 0.3) is 0 Å². The van der Waals surface area contributed by atoms with Gasteiger partial charge in [-0.3, -0.25) is 0 Å². The average molecular weight is 348 g/mol. The summed E-state index contributed by atoms with van der Waals surface area (Å²) in [6.45, 7) is 4.20. The van der Waals surface area contributed by atoms with Crippen LogP contribution >= 0.6 is 22.6 Å². The van der Waals surface area contributed by atoms with Crippen molar-refractivity contribution in [1.29, 1.82) is 0 Å². The zero-order valence-corrected chi connectivity index (χ0v) is 12.3. The van der Waals surface area contributed by atoms with E-state index in [-0.39, 0.29) is 5.97 Å². The monoisotopic (exact) mass is 348 g/mol. The molecule has 0 bridgehead atoms. The van der Waals surface area contributed by atoms with Crippen LogP contribution in [0.2, 0.25) is 0 Å². The summed E-state index contributed by atoms with van der Waals surface area (Å²) in [4.78, 5) is 11.7. The Bertz CT molecular complexity index is 365. The van der Waals surface area contributed by atoms with E-state index in [4.69, 9.17) is 9.47 Å². The van der Waals surface area contributed by atoms with Crippen molar-refractivity contribution < 1.29 is 14.3 Å². The second kappa shape index (κ2) is 7.53. The van der Waals surface area contributed by atoms with E-state index >= 15 is 0 Å². The van der Waals surface area contributed by atoms with E-state index in [2.05, 4.69) is 22.6 Å². The molecule has 0 radical (unpaired) electrons. The Morgan fingerprint density at radius 2 is 2.06 bits per heavy atom. The Morgan fingerprint density at radius 3 is 2.65 bits per heavy atom. The summed E-state index contributed by atoms with van der Waals surface area (Å²) in [7, 11) is 0. The summed E-state index contributed by atoms with van der Waals surface area (Å²) >= 11 is 2.19. The molecule has 1 unspecified atom stereocenters. The van der Waals surface area contributed by atoms with Crippen molar-refractivity contribution in [3.63, 3.8) is 0 Å². The van der Waals surface area contributed by atoms with Crippen LogP contribution in [0.5, 0.6) is 5.75 Å². The quantitative estimate of drug-likeness (QED) is 0.584. The molecule has 17 heavy (non-hydrogen) atoms. The molecule has 3 nitrogen and oxygen atoms in total. The lowest BCUT2D eigenvalue weighted by Crippen LogP contribution is -2.29. The van der Waals surface area contributed by atoms with E-state index in [0.29, 0.717) is 13.0 Å². The van der Waals surface area contributed by atoms with Gasteiger partial charge in [-0.05, 0) is 48.1 Å². The number of hydrogen-bond acceptors (Lipinski definition) is 3. The van der Waals surface area contributed by atoms with Crippen molar-refractivity contribution in [3.8, 4) is 5.75 Å². The highest BCUT2D eigenvalue weighted by molar-refractivity contribution is 14.1. The minimum absolute atomic E-state index is 0.283. The number of esters is 1. The summed E-state index contributed by atoms with van der Waals surface area (Å²) in [6, 6.07) is 7.65. The van der Waals surface area contributed by atoms with Crippen molar-refractivity contribution in [3.05, 3.63) is 27.8 Å². The zero-order chi connectivity index (χ0) is 12.7.